The molecule has 0 radical (unpaired) electrons. The zero-order valence-corrected chi connectivity index (χ0v) is 20.3. The first kappa shape index (κ1) is 24.2. The molecule has 0 saturated carbocycles. The zero-order valence-electron chi connectivity index (χ0n) is 20.3. The molecule has 1 amide bonds. The van der Waals surface area contributed by atoms with Crippen LogP contribution in [0.15, 0.2) is 35.9 Å². The Kier molecular flexibility index (Phi) is 6.74. The molecule has 0 aliphatic carbocycles. The second-order valence-electron chi connectivity index (χ2n) is 8.32. The highest BCUT2D eigenvalue weighted by Crippen LogP contribution is 2.46. The van der Waals surface area contributed by atoms with E-state index in [0.717, 1.165) is 0 Å². The number of carbonyl (C=O) groups is 2. The number of fused-ring (bicyclic) bond motifs is 1. The van der Waals surface area contributed by atoms with Crippen LogP contribution < -0.4 is 23.7 Å². The Labute approximate surface area is 203 Å². The number of aliphatic hydroxyl groups is 1. The van der Waals surface area contributed by atoms with Gasteiger partial charge in [-0.05, 0) is 50.0 Å². The summed E-state index contributed by atoms with van der Waals surface area (Å²) in [6.07, 6.45) is 0. The molecule has 0 spiro atoms. The number of nitrogens with zero attached hydrogens (tertiary/aromatic N) is 2. The number of ketones is 1. The van der Waals surface area contributed by atoms with Crippen LogP contribution in [0.4, 0.5) is 0 Å². The molecule has 4 rings (SSSR count). The van der Waals surface area contributed by atoms with Crippen LogP contribution in [0.25, 0.3) is 5.76 Å². The van der Waals surface area contributed by atoms with Crippen molar-refractivity contribution < 1.29 is 38.4 Å². The molecule has 2 aliphatic heterocycles. The van der Waals surface area contributed by atoms with Gasteiger partial charge in [0.2, 0.25) is 12.5 Å². The summed E-state index contributed by atoms with van der Waals surface area (Å²) in [6.45, 7) is 0.842. The molecule has 2 aromatic rings. The van der Waals surface area contributed by atoms with Crippen LogP contribution in [-0.2, 0) is 9.59 Å². The van der Waals surface area contributed by atoms with E-state index in [2.05, 4.69) is 0 Å². The molecule has 0 aromatic heterocycles. The maximum absolute atomic E-state index is 13.3. The van der Waals surface area contributed by atoms with Gasteiger partial charge in [0.1, 0.15) is 5.76 Å². The van der Waals surface area contributed by atoms with Crippen LogP contribution in [0.2, 0.25) is 0 Å². The molecule has 186 valence electrons. The van der Waals surface area contributed by atoms with E-state index in [1.54, 1.807) is 30.3 Å². The van der Waals surface area contributed by atoms with E-state index in [0.29, 0.717) is 46.4 Å². The maximum Gasteiger partial charge on any atom is 0.295 e. The molecular weight excluding hydrogens is 456 g/mol. The van der Waals surface area contributed by atoms with E-state index in [1.165, 1.54) is 26.2 Å². The van der Waals surface area contributed by atoms with Gasteiger partial charge in [-0.15, -0.1) is 0 Å². The molecule has 1 saturated heterocycles. The average Bonchev–Trinajstić information content (AvgIpc) is 3.43. The summed E-state index contributed by atoms with van der Waals surface area (Å²) in [6, 6.07) is 7.31. The molecule has 1 N–H and O–H groups in total. The van der Waals surface area contributed by atoms with Crippen LogP contribution in [0.5, 0.6) is 28.7 Å². The highest BCUT2D eigenvalue weighted by atomic mass is 16.7. The third kappa shape index (κ3) is 4.32. The van der Waals surface area contributed by atoms with E-state index < -0.39 is 17.7 Å². The minimum Gasteiger partial charge on any atom is -0.507 e. The lowest BCUT2D eigenvalue weighted by molar-refractivity contribution is -0.140. The number of likely N-dealkylation sites (N-methyl/N-ethyl adjacent to an activating group) is 1. The minimum atomic E-state index is -0.880. The fourth-order valence-electron chi connectivity index (χ4n) is 4.22. The van der Waals surface area contributed by atoms with Crippen molar-refractivity contribution in [2.75, 3.05) is 55.3 Å². The highest BCUT2D eigenvalue weighted by Gasteiger charge is 2.46. The Bertz CT molecular complexity index is 1160. The van der Waals surface area contributed by atoms with Crippen LogP contribution in [0.1, 0.15) is 17.2 Å². The smallest absolute Gasteiger partial charge is 0.295 e. The SMILES string of the molecule is COc1cc(C2C(=C(O)c3ccc4c(c3)OCO4)C(=O)C(=O)N2CCN(C)C)cc(OC)c1OC. The summed E-state index contributed by atoms with van der Waals surface area (Å²) in [7, 11) is 8.20. The predicted molar refractivity (Wildman–Crippen MR) is 126 cm³/mol. The van der Waals surface area contributed by atoms with Gasteiger partial charge in [-0.3, -0.25) is 9.59 Å². The van der Waals surface area contributed by atoms with Crippen molar-refractivity contribution in [1.82, 2.24) is 9.80 Å². The number of ether oxygens (including phenoxy) is 5. The average molecular weight is 485 g/mol. The highest BCUT2D eigenvalue weighted by molar-refractivity contribution is 6.46. The molecule has 2 aromatic carbocycles. The Hall–Kier alpha value is -3.92. The van der Waals surface area contributed by atoms with Crippen LogP contribution in [0, 0.1) is 0 Å². The molecule has 35 heavy (non-hydrogen) atoms. The van der Waals surface area contributed by atoms with Crippen molar-refractivity contribution in [3.8, 4) is 28.7 Å². The molecule has 1 atom stereocenters. The number of amides is 1. The van der Waals surface area contributed by atoms with Crippen LogP contribution >= 0.6 is 0 Å². The lowest BCUT2D eigenvalue weighted by atomic mass is 9.94. The number of hydrogen-bond acceptors (Lipinski definition) is 9. The first-order chi connectivity index (χ1) is 16.8. The van der Waals surface area contributed by atoms with Crippen molar-refractivity contribution in [1.29, 1.82) is 0 Å². The molecule has 2 aliphatic rings. The Morgan fingerprint density at radius 1 is 1.03 bits per heavy atom. The van der Waals surface area contributed by atoms with Gasteiger partial charge in [-0.1, -0.05) is 0 Å². The standard InChI is InChI=1S/C25H28N2O8/c1-26(2)8-9-27-21(15-11-18(31-3)24(33-5)19(12-15)32-4)20(23(29)25(27)30)22(28)14-6-7-16-17(10-14)35-13-34-16/h6-7,10-12,21,28H,8-9,13H2,1-5H3. The van der Waals surface area contributed by atoms with E-state index in [9.17, 15) is 14.7 Å². The molecule has 1 unspecified atom stereocenters. The summed E-state index contributed by atoms with van der Waals surface area (Å²) in [5.74, 6) is 0.290. The number of carbonyl (C=O) groups excluding carboxylic acids is 2. The lowest BCUT2D eigenvalue weighted by Gasteiger charge is -2.27. The van der Waals surface area contributed by atoms with Crippen LogP contribution in [0.3, 0.4) is 0 Å². The normalized spacial score (nSPS) is 18.3. The first-order valence-electron chi connectivity index (χ1n) is 10.9. The minimum absolute atomic E-state index is 0.0399. The van der Waals surface area contributed by atoms with Crippen molar-refractivity contribution in [2.45, 2.75) is 6.04 Å². The lowest BCUT2D eigenvalue weighted by Crippen LogP contribution is -2.35. The molecule has 1 fully saturated rings. The van der Waals surface area contributed by atoms with E-state index in [1.807, 2.05) is 19.0 Å². The Morgan fingerprint density at radius 3 is 2.29 bits per heavy atom. The second kappa shape index (κ2) is 9.75. The van der Waals surface area contributed by atoms with Crippen molar-refractivity contribution in [2.24, 2.45) is 0 Å². The summed E-state index contributed by atoms with van der Waals surface area (Å²) < 4.78 is 27.1. The second-order valence-corrected chi connectivity index (χ2v) is 8.32. The van der Waals surface area contributed by atoms with Crippen molar-refractivity contribution in [3.05, 3.63) is 47.0 Å². The van der Waals surface area contributed by atoms with Gasteiger partial charge in [0, 0.05) is 18.7 Å². The number of aliphatic hydroxyl groups excluding tert-OH is 1. The predicted octanol–water partition coefficient (Wildman–Crippen LogP) is 2.42. The van der Waals surface area contributed by atoms with Gasteiger partial charge in [-0.2, -0.15) is 0 Å². The number of methoxy groups -OCH3 is 3. The third-order valence-electron chi connectivity index (χ3n) is 5.98. The number of likely N-dealkylation sites (tertiary alicyclic amines) is 1. The quantitative estimate of drug-likeness (QED) is 0.343. The third-order valence-corrected chi connectivity index (χ3v) is 5.98. The van der Waals surface area contributed by atoms with Gasteiger partial charge in [0.25, 0.3) is 11.7 Å². The summed E-state index contributed by atoms with van der Waals surface area (Å²) in [4.78, 5) is 29.8. The topological polar surface area (TPSA) is 107 Å². The first-order valence-corrected chi connectivity index (χ1v) is 10.9. The van der Waals surface area contributed by atoms with E-state index in [4.69, 9.17) is 23.7 Å². The number of hydrogen-bond donors (Lipinski definition) is 1. The molecular formula is C25H28N2O8. The van der Waals surface area contributed by atoms with Gasteiger partial charge in [0.15, 0.2) is 23.0 Å². The fraction of sp³-hybridized carbons (Fsp3) is 0.360. The van der Waals surface area contributed by atoms with Crippen molar-refractivity contribution >= 4 is 17.4 Å². The zero-order chi connectivity index (χ0) is 25.3. The number of Topliss-reactive ketones (excluding diaryl/α,β-unsaturated/α-hetero) is 1. The van der Waals surface area contributed by atoms with Gasteiger partial charge in [0.05, 0.1) is 32.9 Å². The van der Waals surface area contributed by atoms with Crippen LogP contribution in [-0.4, -0.2) is 81.9 Å². The summed E-state index contributed by atoms with van der Waals surface area (Å²) >= 11 is 0. The molecule has 0 bridgehead atoms. The fourth-order valence-corrected chi connectivity index (χ4v) is 4.22. The molecule has 10 heteroatoms. The number of rotatable bonds is 8. The molecule has 10 nitrogen and oxygen atoms in total. The summed E-state index contributed by atoms with van der Waals surface area (Å²) in [5.41, 5.74) is 0.818. The van der Waals surface area contributed by atoms with E-state index in [-0.39, 0.29) is 24.7 Å². The Balaban J connectivity index is 1.90. The van der Waals surface area contributed by atoms with Crippen molar-refractivity contribution in [3.63, 3.8) is 0 Å². The van der Waals surface area contributed by atoms with Gasteiger partial charge in [-0.25, -0.2) is 0 Å². The largest absolute Gasteiger partial charge is 0.507 e. The monoisotopic (exact) mass is 484 g/mol. The number of benzene rings is 2. The maximum atomic E-state index is 13.3. The summed E-state index contributed by atoms with van der Waals surface area (Å²) in [5, 5.41) is 11.3. The molecule has 2 heterocycles. The Morgan fingerprint density at radius 2 is 1.69 bits per heavy atom. The van der Waals surface area contributed by atoms with E-state index >= 15 is 0 Å². The van der Waals surface area contributed by atoms with Gasteiger partial charge >= 0.3 is 0 Å². The van der Waals surface area contributed by atoms with Gasteiger partial charge < -0.3 is 38.6 Å².